The van der Waals surface area contributed by atoms with Crippen molar-refractivity contribution in [1.29, 1.82) is 0 Å². The van der Waals surface area contributed by atoms with Crippen molar-refractivity contribution in [3.8, 4) is 0 Å². The van der Waals surface area contributed by atoms with Crippen LogP contribution in [0.5, 0.6) is 0 Å². The molecule has 0 amide bonds. The van der Waals surface area contributed by atoms with E-state index in [4.69, 9.17) is 4.42 Å². The molecule has 4 nitrogen and oxygen atoms in total. The van der Waals surface area contributed by atoms with Gasteiger partial charge in [0.2, 0.25) is 0 Å². The first kappa shape index (κ1) is 14.8. The highest BCUT2D eigenvalue weighted by Crippen LogP contribution is 2.27. The van der Waals surface area contributed by atoms with Gasteiger partial charge < -0.3 is 14.8 Å². The van der Waals surface area contributed by atoms with Crippen LogP contribution in [0.1, 0.15) is 18.9 Å². The first-order valence-corrected chi connectivity index (χ1v) is 7.51. The maximum Gasteiger partial charge on any atom is 0.336 e. The molecule has 114 valence electrons. The zero-order valence-electron chi connectivity index (χ0n) is 12.5. The van der Waals surface area contributed by atoms with Crippen molar-refractivity contribution in [3.63, 3.8) is 0 Å². The van der Waals surface area contributed by atoms with Gasteiger partial charge in [0.25, 0.3) is 0 Å². The van der Waals surface area contributed by atoms with Crippen LogP contribution in [0.2, 0.25) is 0 Å². The zero-order valence-corrected chi connectivity index (χ0v) is 12.5. The van der Waals surface area contributed by atoms with E-state index in [1.54, 1.807) is 0 Å². The molecule has 2 aromatic carbocycles. The van der Waals surface area contributed by atoms with E-state index in [0.717, 1.165) is 28.1 Å². The predicted octanol–water partition coefficient (Wildman–Crippen LogP) is 2.81. The van der Waals surface area contributed by atoms with Gasteiger partial charge in [0.05, 0.1) is 6.61 Å². The van der Waals surface area contributed by atoms with Gasteiger partial charge in [0.1, 0.15) is 5.58 Å². The Morgan fingerprint density at radius 2 is 2.05 bits per heavy atom. The molecule has 0 bridgehead atoms. The van der Waals surface area contributed by atoms with Crippen LogP contribution in [0.3, 0.4) is 0 Å². The van der Waals surface area contributed by atoms with Crippen molar-refractivity contribution < 1.29 is 9.52 Å². The predicted molar refractivity (Wildman–Crippen MR) is 88.0 cm³/mol. The summed E-state index contributed by atoms with van der Waals surface area (Å²) >= 11 is 0. The first-order valence-electron chi connectivity index (χ1n) is 7.51. The Morgan fingerprint density at radius 3 is 2.82 bits per heavy atom. The van der Waals surface area contributed by atoms with E-state index in [2.05, 4.69) is 5.32 Å². The molecule has 22 heavy (non-hydrogen) atoms. The molecule has 0 unspecified atom stereocenters. The number of nitrogens with one attached hydrogen (secondary N) is 1. The van der Waals surface area contributed by atoms with Gasteiger partial charge in [-0.3, -0.25) is 0 Å². The molecule has 3 aromatic rings. The highest BCUT2D eigenvalue weighted by atomic mass is 16.4. The van der Waals surface area contributed by atoms with Crippen molar-refractivity contribution in [2.24, 2.45) is 0 Å². The average Bonchev–Trinajstić information content (AvgIpc) is 2.55. The summed E-state index contributed by atoms with van der Waals surface area (Å²) in [5, 5.41) is 15.7. The van der Waals surface area contributed by atoms with E-state index >= 15 is 0 Å². The van der Waals surface area contributed by atoms with E-state index in [-0.39, 0.29) is 18.3 Å². The molecule has 3 rings (SSSR count). The van der Waals surface area contributed by atoms with Crippen LogP contribution in [0.4, 0.5) is 0 Å². The number of aliphatic hydroxyl groups excluding tert-OH is 1. The minimum atomic E-state index is -0.350. The topological polar surface area (TPSA) is 62.5 Å². The molecule has 0 aliphatic heterocycles. The van der Waals surface area contributed by atoms with E-state index in [9.17, 15) is 9.90 Å². The van der Waals surface area contributed by atoms with E-state index in [1.807, 2.05) is 43.3 Å². The molecule has 2 N–H and O–H groups in total. The normalized spacial score (nSPS) is 12.8. The van der Waals surface area contributed by atoms with Gasteiger partial charge >= 0.3 is 5.63 Å². The zero-order chi connectivity index (χ0) is 15.5. The average molecular weight is 297 g/mol. The lowest BCUT2D eigenvalue weighted by atomic mass is 10.0. The molecule has 1 atom stereocenters. The molecule has 0 aliphatic carbocycles. The molecule has 0 spiro atoms. The van der Waals surface area contributed by atoms with Gasteiger partial charge in [-0.1, -0.05) is 37.3 Å². The quantitative estimate of drug-likeness (QED) is 0.561. The highest BCUT2D eigenvalue weighted by molar-refractivity contribution is 6.07. The van der Waals surface area contributed by atoms with Crippen molar-refractivity contribution in [1.82, 2.24) is 5.32 Å². The number of fused-ring (bicyclic) bond motifs is 3. The lowest BCUT2D eigenvalue weighted by Gasteiger charge is -2.15. The summed E-state index contributed by atoms with van der Waals surface area (Å²) in [6, 6.07) is 13.4. The fraction of sp³-hybridized carbons (Fsp3) is 0.278. The summed E-state index contributed by atoms with van der Waals surface area (Å²) in [6.45, 7) is 2.62. The van der Waals surface area contributed by atoms with Crippen LogP contribution >= 0.6 is 0 Å². The summed E-state index contributed by atoms with van der Waals surface area (Å²) in [7, 11) is 0. The minimum Gasteiger partial charge on any atom is -0.423 e. The maximum atomic E-state index is 11.8. The minimum absolute atomic E-state index is 0.0253. The third kappa shape index (κ3) is 2.75. The van der Waals surface area contributed by atoms with Crippen LogP contribution in [-0.2, 0) is 6.54 Å². The number of hydrogen-bond acceptors (Lipinski definition) is 4. The van der Waals surface area contributed by atoms with Crippen LogP contribution in [0, 0.1) is 0 Å². The highest BCUT2D eigenvalue weighted by Gasteiger charge is 2.11. The lowest BCUT2D eigenvalue weighted by molar-refractivity contribution is 0.238. The number of rotatable bonds is 5. The Balaban J connectivity index is 2.15. The largest absolute Gasteiger partial charge is 0.423 e. The fourth-order valence-electron chi connectivity index (χ4n) is 2.75. The Hall–Kier alpha value is -2.17. The molecule has 0 radical (unpaired) electrons. The molecule has 0 fully saturated rings. The number of hydrogen-bond donors (Lipinski definition) is 2. The Labute approximate surface area is 128 Å². The summed E-state index contributed by atoms with van der Waals surface area (Å²) in [4.78, 5) is 11.8. The second kappa shape index (κ2) is 6.30. The standard InChI is InChI=1S/C18H19NO3/c1-2-14(11-20)19-10-13-9-17(21)22-16-8-7-12-5-3-4-6-15(12)18(13)16/h3-9,14,19-20H,2,10-11H2,1H3/t14-/m0/s1. The van der Waals surface area contributed by atoms with E-state index in [0.29, 0.717) is 12.1 Å². The monoisotopic (exact) mass is 297 g/mol. The lowest BCUT2D eigenvalue weighted by Crippen LogP contribution is -2.31. The second-order valence-electron chi connectivity index (χ2n) is 5.42. The smallest absolute Gasteiger partial charge is 0.336 e. The third-order valence-electron chi connectivity index (χ3n) is 4.01. The maximum absolute atomic E-state index is 11.8. The van der Waals surface area contributed by atoms with E-state index in [1.165, 1.54) is 6.07 Å². The number of benzene rings is 2. The van der Waals surface area contributed by atoms with Crippen LogP contribution < -0.4 is 10.9 Å². The molecule has 4 heteroatoms. The van der Waals surface area contributed by atoms with Crippen molar-refractivity contribution in [2.75, 3.05) is 6.61 Å². The molecule has 0 aliphatic rings. The molecule has 0 saturated carbocycles. The molecule has 0 saturated heterocycles. The van der Waals surface area contributed by atoms with Crippen molar-refractivity contribution in [2.45, 2.75) is 25.9 Å². The van der Waals surface area contributed by atoms with Gasteiger partial charge in [-0.2, -0.15) is 0 Å². The Kier molecular flexibility index (Phi) is 4.22. The van der Waals surface area contributed by atoms with Crippen LogP contribution in [0.25, 0.3) is 21.7 Å². The molecular formula is C18H19NO3. The Morgan fingerprint density at radius 1 is 1.23 bits per heavy atom. The van der Waals surface area contributed by atoms with E-state index < -0.39 is 0 Å². The van der Waals surface area contributed by atoms with Gasteiger partial charge in [-0.15, -0.1) is 0 Å². The third-order valence-corrected chi connectivity index (χ3v) is 4.01. The van der Waals surface area contributed by atoms with Gasteiger partial charge in [0.15, 0.2) is 0 Å². The van der Waals surface area contributed by atoms with Gasteiger partial charge in [-0.05, 0) is 28.8 Å². The molecular weight excluding hydrogens is 278 g/mol. The van der Waals surface area contributed by atoms with Gasteiger partial charge in [-0.25, -0.2) is 4.79 Å². The van der Waals surface area contributed by atoms with Crippen molar-refractivity contribution in [3.05, 3.63) is 58.4 Å². The summed E-state index contributed by atoms with van der Waals surface area (Å²) in [5.41, 5.74) is 1.15. The summed E-state index contributed by atoms with van der Waals surface area (Å²) < 4.78 is 5.34. The van der Waals surface area contributed by atoms with Crippen LogP contribution in [-0.4, -0.2) is 17.8 Å². The van der Waals surface area contributed by atoms with Gasteiger partial charge in [0, 0.05) is 24.0 Å². The second-order valence-corrected chi connectivity index (χ2v) is 5.42. The van der Waals surface area contributed by atoms with Crippen LogP contribution in [0.15, 0.2) is 51.7 Å². The number of aliphatic hydroxyl groups is 1. The Bertz CT molecular complexity index is 850. The molecule has 1 aromatic heterocycles. The first-order chi connectivity index (χ1) is 10.7. The fourth-order valence-corrected chi connectivity index (χ4v) is 2.75. The summed E-state index contributed by atoms with van der Waals surface area (Å²) in [5.74, 6) is 0. The SMILES string of the molecule is CC[C@@H](CO)NCc1cc(=O)oc2ccc3ccccc3c12. The molecule has 1 heterocycles. The summed E-state index contributed by atoms with van der Waals surface area (Å²) in [6.07, 6.45) is 0.830. The van der Waals surface area contributed by atoms with Crippen molar-refractivity contribution >= 4 is 21.7 Å².